The van der Waals surface area contributed by atoms with Crippen LogP contribution in [0.4, 0.5) is 19.0 Å². The number of aromatic nitrogens is 4. The zero-order chi connectivity index (χ0) is 18.9. The maximum Gasteiger partial charge on any atom is 0.417 e. The third kappa shape index (κ3) is 3.82. The van der Waals surface area contributed by atoms with E-state index in [0.717, 1.165) is 55.2 Å². The second-order valence-electron chi connectivity index (χ2n) is 6.39. The normalized spacial score (nSPS) is 16.0. The van der Waals surface area contributed by atoms with Crippen LogP contribution in [0.25, 0.3) is 10.9 Å². The highest BCUT2D eigenvalue weighted by Crippen LogP contribution is 2.28. The number of halogens is 3. The van der Waals surface area contributed by atoms with Crippen LogP contribution in [0.2, 0.25) is 0 Å². The molecule has 0 saturated carbocycles. The van der Waals surface area contributed by atoms with Crippen molar-refractivity contribution in [1.29, 1.82) is 0 Å². The Hall–Kier alpha value is -2.81. The summed E-state index contributed by atoms with van der Waals surface area (Å²) in [5.74, 6) is 0.884. The van der Waals surface area contributed by atoms with E-state index >= 15 is 0 Å². The molecule has 1 aliphatic heterocycles. The van der Waals surface area contributed by atoms with Gasteiger partial charge in [-0.2, -0.15) is 13.2 Å². The molecule has 9 heteroatoms. The molecule has 1 fully saturated rings. The maximum atomic E-state index is 12.6. The van der Waals surface area contributed by atoms with Crippen molar-refractivity contribution in [3.63, 3.8) is 0 Å². The average molecular weight is 374 g/mol. The zero-order valence-corrected chi connectivity index (χ0v) is 14.4. The molecule has 0 spiro atoms. The van der Waals surface area contributed by atoms with E-state index in [9.17, 15) is 13.2 Å². The SMILES string of the molecule is FC(F)(F)c1ccc(CN2CCN(c3ncnc4cnccc34)CC2)nc1. The first-order chi connectivity index (χ1) is 13.0. The number of piperazine rings is 1. The van der Waals surface area contributed by atoms with Crippen molar-refractivity contribution in [2.24, 2.45) is 0 Å². The van der Waals surface area contributed by atoms with Crippen molar-refractivity contribution in [2.45, 2.75) is 12.7 Å². The highest BCUT2D eigenvalue weighted by Gasteiger charge is 2.30. The summed E-state index contributed by atoms with van der Waals surface area (Å²) in [4.78, 5) is 21.1. The monoisotopic (exact) mass is 374 g/mol. The smallest absolute Gasteiger partial charge is 0.353 e. The van der Waals surface area contributed by atoms with Crippen LogP contribution < -0.4 is 4.90 Å². The lowest BCUT2D eigenvalue weighted by atomic mass is 10.2. The lowest BCUT2D eigenvalue weighted by molar-refractivity contribution is -0.137. The van der Waals surface area contributed by atoms with Gasteiger partial charge in [-0.3, -0.25) is 14.9 Å². The second kappa shape index (κ2) is 7.07. The lowest BCUT2D eigenvalue weighted by Gasteiger charge is -2.35. The van der Waals surface area contributed by atoms with Crippen LogP contribution in [0.1, 0.15) is 11.3 Å². The highest BCUT2D eigenvalue weighted by molar-refractivity contribution is 5.88. The van der Waals surface area contributed by atoms with Crippen LogP contribution in [0, 0.1) is 0 Å². The number of anilines is 1. The van der Waals surface area contributed by atoms with Gasteiger partial charge in [-0.15, -0.1) is 0 Å². The molecule has 140 valence electrons. The molecule has 3 aromatic rings. The zero-order valence-electron chi connectivity index (χ0n) is 14.4. The van der Waals surface area contributed by atoms with Gasteiger partial charge in [0, 0.05) is 50.5 Å². The second-order valence-corrected chi connectivity index (χ2v) is 6.39. The molecule has 27 heavy (non-hydrogen) atoms. The molecular formula is C18H17F3N6. The lowest BCUT2D eigenvalue weighted by Crippen LogP contribution is -2.46. The van der Waals surface area contributed by atoms with Gasteiger partial charge in [0.25, 0.3) is 0 Å². The van der Waals surface area contributed by atoms with Gasteiger partial charge in [-0.05, 0) is 18.2 Å². The van der Waals surface area contributed by atoms with Gasteiger partial charge in [-0.1, -0.05) is 0 Å². The van der Waals surface area contributed by atoms with E-state index in [0.29, 0.717) is 12.2 Å². The molecule has 0 atom stereocenters. The number of hydrogen-bond acceptors (Lipinski definition) is 6. The Kier molecular flexibility index (Phi) is 4.61. The average Bonchev–Trinajstić information content (AvgIpc) is 2.68. The van der Waals surface area contributed by atoms with E-state index in [1.165, 1.54) is 12.4 Å². The molecule has 6 nitrogen and oxygen atoms in total. The largest absolute Gasteiger partial charge is 0.417 e. The Morgan fingerprint density at radius 1 is 0.926 bits per heavy atom. The molecule has 0 aliphatic carbocycles. The topological polar surface area (TPSA) is 58.0 Å². The van der Waals surface area contributed by atoms with Crippen LogP contribution in [-0.2, 0) is 12.7 Å². The summed E-state index contributed by atoms with van der Waals surface area (Å²) >= 11 is 0. The molecule has 1 aliphatic rings. The third-order valence-corrected chi connectivity index (χ3v) is 4.63. The van der Waals surface area contributed by atoms with Crippen molar-refractivity contribution in [1.82, 2.24) is 24.8 Å². The van der Waals surface area contributed by atoms with Crippen molar-refractivity contribution < 1.29 is 13.2 Å². The van der Waals surface area contributed by atoms with Gasteiger partial charge in [0.15, 0.2) is 0 Å². The molecule has 3 aromatic heterocycles. The Labute approximate surface area is 153 Å². The quantitative estimate of drug-likeness (QED) is 0.703. The van der Waals surface area contributed by atoms with E-state index in [-0.39, 0.29) is 0 Å². The standard InChI is InChI=1S/C18H17F3N6/c19-18(20,21)13-1-2-14(23-9-13)11-26-5-7-27(8-6-26)17-15-3-4-22-10-16(15)24-12-25-17/h1-4,9-10,12H,5-8,11H2. The fourth-order valence-corrected chi connectivity index (χ4v) is 3.18. The van der Waals surface area contributed by atoms with Crippen molar-refractivity contribution in [2.75, 3.05) is 31.1 Å². The van der Waals surface area contributed by atoms with Crippen LogP contribution in [0.15, 0.2) is 43.1 Å². The maximum absolute atomic E-state index is 12.6. The molecule has 0 amide bonds. The van der Waals surface area contributed by atoms with E-state index < -0.39 is 11.7 Å². The molecule has 4 rings (SSSR count). The molecule has 1 saturated heterocycles. The molecular weight excluding hydrogens is 357 g/mol. The number of alkyl halides is 3. The minimum Gasteiger partial charge on any atom is -0.353 e. The minimum absolute atomic E-state index is 0.528. The van der Waals surface area contributed by atoms with Crippen molar-refractivity contribution >= 4 is 16.7 Å². The Bertz CT molecular complexity index is 915. The fraction of sp³-hybridized carbons (Fsp3) is 0.333. The first-order valence-electron chi connectivity index (χ1n) is 8.55. The number of rotatable bonds is 3. The van der Waals surface area contributed by atoms with Crippen LogP contribution in [0.5, 0.6) is 0 Å². The van der Waals surface area contributed by atoms with Crippen LogP contribution in [-0.4, -0.2) is 51.0 Å². The van der Waals surface area contributed by atoms with E-state index in [1.54, 1.807) is 12.4 Å². The molecule has 0 unspecified atom stereocenters. The van der Waals surface area contributed by atoms with Crippen molar-refractivity contribution in [3.05, 3.63) is 54.4 Å². The van der Waals surface area contributed by atoms with Crippen LogP contribution >= 0.6 is 0 Å². The first kappa shape index (κ1) is 17.6. The van der Waals surface area contributed by atoms with Crippen LogP contribution in [0.3, 0.4) is 0 Å². The van der Waals surface area contributed by atoms with Gasteiger partial charge in [0.05, 0.1) is 23.0 Å². The first-order valence-corrected chi connectivity index (χ1v) is 8.55. The summed E-state index contributed by atoms with van der Waals surface area (Å²) in [6, 6.07) is 4.43. The van der Waals surface area contributed by atoms with Gasteiger partial charge in [0.2, 0.25) is 0 Å². The molecule has 4 heterocycles. The van der Waals surface area contributed by atoms with Gasteiger partial charge >= 0.3 is 6.18 Å². The highest BCUT2D eigenvalue weighted by atomic mass is 19.4. The predicted molar refractivity (Wildman–Crippen MR) is 94.1 cm³/mol. The summed E-state index contributed by atoms with van der Waals surface area (Å²) in [6.45, 7) is 3.63. The summed E-state index contributed by atoms with van der Waals surface area (Å²) in [6.07, 6.45) is 1.52. The molecule has 0 aromatic carbocycles. The summed E-state index contributed by atoms with van der Waals surface area (Å²) in [5.41, 5.74) is 0.718. The summed E-state index contributed by atoms with van der Waals surface area (Å²) in [5, 5.41) is 0.963. The molecule has 0 bridgehead atoms. The van der Waals surface area contributed by atoms with Gasteiger partial charge in [-0.25, -0.2) is 9.97 Å². The van der Waals surface area contributed by atoms with Crippen molar-refractivity contribution in [3.8, 4) is 0 Å². The summed E-state index contributed by atoms with van der Waals surface area (Å²) in [7, 11) is 0. The number of fused-ring (bicyclic) bond motifs is 1. The third-order valence-electron chi connectivity index (χ3n) is 4.63. The fourth-order valence-electron chi connectivity index (χ4n) is 3.18. The van der Waals surface area contributed by atoms with Gasteiger partial charge < -0.3 is 4.90 Å². The summed E-state index contributed by atoms with van der Waals surface area (Å²) < 4.78 is 37.9. The van der Waals surface area contributed by atoms with Gasteiger partial charge in [0.1, 0.15) is 12.1 Å². The Balaban J connectivity index is 1.40. The number of hydrogen-bond donors (Lipinski definition) is 0. The number of pyridine rings is 2. The Morgan fingerprint density at radius 3 is 2.44 bits per heavy atom. The number of nitrogens with zero attached hydrogens (tertiary/aromatic N) is 6. The molecule has 0 N–H and O–H groups in total. The van der Waals surface area contributed by atoms with E-state index in [2.05, 4.69) is 29.7 Å². The van der Waals surface area contributed by atoms with E-state index in [1.807, 2.05) is 6.07 Å². The minimum atomic E-state index is -4.35. The predicted octanol–water partition coefficient (Wildman–Crippen LogP) is 2.76. The van der Waals surface area contributed by atoms with E-state index in [4.69, 9.17) is 0 Å². The molecule has 0 radical (unpaired) electrons. The Morgan fingerprint density at radius 2 is 1.74 bits per heavy atom.